The highest BCUT2D eigenvalue weighted by Gasteiger charge is 2.23. The normalized spacial score (nSPS) is 11.4. The summed E-state index contributed by atoms with van der Waals surface area (Å²) in [5, 5.41) is 7.16. The number of hydrogen-bond acceptors (Lipinski definition) is 2. The lowest BCUT2D eigenvalue weighted by molar-refractivity contribution is 0.669. The maximum atomic E-state index is 6.17. The molecule has 2 nitrogen and oxygen atoms in total. The van der Waals surface area contributed by atoms with Gasteiger partial charge in [-0.25, -0.2) is 0 Å². The van der Waals surface area contributed by atoms with Crippen molar-refractivity contribution in [1.82, 2.24) is 0 Å². The zero-order chi connectivity index (χ0) is 38.4. The number of para-hydroxylation sites is 3. The lowest BCUT2D eigenvalue weighted by Gasteiger charge is -2.30. The van der Waals surface area contributed by atoms with Gasteiger partial charge < -0.3 is 9.32 Å². The predicted molar refractivity (Wildman–Crippen MR) is 245 cm³/mol. The molecular weight excluding hydrogens is 703 g/mol. The Morgan fingerprint density at radius 3 is 1.60 bits per heavy atom. The minimum atomic E-state index is 0.901. The Hall–Kier alpha value is -7.68. The molecule has 1 heterocycles. The number of nitrogens with zero attached hydrogens (tertiary/aromatic N) is 1. The summed E-state index contributed by atoms with van der Waals surface area (Å²) in [5.74, 6) is 0. The number of anilines is 3. The summed E-state index contributed by atoms with van der Waals surface area (Å²) in [6.45, 7) is 0. The monoisotopic (exact) mass is 739 g/mol. The fourth-order valence-electron chi connectivity index (χ4n) is 8.79. The van der Waals surface area contributed by atoms with Crippen molar-refractivity contribution in [2.24, 2.45) is 0 Å². The second kappa shape index (κ2) is 14.1. The van der Waals surface area contributed by atoms with E-state index in [-0.39, 0.29) is 0 Å². The number of benzene rings is 10. The Bertz CT molecular complexity index is 3270. The molecule has 11 rings (SSSR count). The lowest BCUT2D eigenvalue weighted by atomic mass is 9.90. The minimum absolute atomic E-state index is 0.901. The van der Waals surface area contributed by atoms with E-state index in [0.29, 0.717) is 0 Å². The largest absolute Gasteiger partial charge is 0.456 e. The molecule has 0 saturated heterocycles. The molecule has 58 heavy (non-hydrogen) atoms. The van der Waals surface area contributed by atoms with Crippen LogP contribution >= 0.6 is 0 Å². The Morgan fingerprint density at radius 2 is 0.828 bits per heavy atom. The first-order chi connectivity index (χ1) is 28.8. The van der Waals surface area contributed by atoms with Gasteiger partial charge in [-0.1, -0.05) is 182 Å². The van der Waals surface area contributed by atoms with E-state index >= 15 is 0 Å². The zero-order valence-corrected chi connectivity index (χ0v) is 31.7. The summed E-state index contributed by atoms with van der Waals surface area (Å²) < 4.78 is 6.17. The van der Waals surface area contributed by atoms with Crippen LogP contribution < -0.4 is 4.90 Å². The lowest BCUT2D eigenvalue weighted by Crippen LogP contribution is -2.12. The third-order valence-electron chi connectivity index (χ3n) is 11.5. The highest BCUT2D eigenvalue weighted by atomic mass is 16.3. The quantitative estimate of drug-likeness (QED) is 0.162. The van der Waals surface area contributed by atoms with Crippen LogP contribution in [0.2, 0.25) is 0 Å². The van der Waals surface area contributed by atoms with Crippen molar-refractivity contribution in [2.75, 3.05) is 4.90 Å². The molecule has 0 aliphatic heterocycles. The first-order valence-electron chi connectivity index (χ1n) is 19.8. The molecule has 0 N–H and O–H groups in total. The molecule has 11 aromatic rings. The average Bonchev–Trinajstić information content (AvgIpc) is 3.67. The van der Waals surface area contributed by atoms with E-state index in [2.05, 4.69) is 217 Å². The van der Waals surface area contributed by atoms with Gasteiger partial charge in [0.2, 0.25) is 0 Å². The molecule has 0 amide bonds. The van der Waals surface area contributed by atoms with Gasteiger partial charge >= 0.3 is 0 Å². The Balaban J connectivity index is 1.13. The van der Waals surface area contributed by atoms with Gasteiger partial charge in [-0.2, -0.15) is 0 Å². The summed E-state index contributed by atoms with van der Waals surface area (Å²) >= 11 is 0. The van der Waals surface area contributed by atoms with Gasteiger partial charge in [0, 0.05) is 27.6 Å². The van der Waals surface area contributed by atoms with Gasteiger partial charge in [0.05, 0.1) is 11.4 Å². The van der Waals surface area contributed by atoms with Crippen molar-refractivity contribution in [3.63, 3.8) is 0 Å². The molecule has 0 atom stereocenters. The van der Waals surface area contributed by atoms with Crippen LogP contribution in [0.1, 0.15) is 0 Å². The van der Waals surface area contributed by atoms with Crippen molar-refractivity contribution < 1.29 is 4.42 Å². The van der Waals surface area contributed by atoms with E-state index in [4.69, 9.17) is 4.42 Å². The van der Waals surface area contributed by atoms with Crippen LogP contribution in [0.5, 0.6) is 0 Å². The SMILES string of the molecule is c1ccc(-c2cccc3cccc(-c4ccccc4N(c4ccc(-c5ccc6oc7ccccc7c6c5)cc4)c4ccccc4-c4cccc5ccccc45)c23)cc1. The number of fused-ring (bicyclic) bond motifs is 5. The van der Waals surface area contributed by atoms with Gasteiger partial charge in [0.25, 0.3) is 0 Å². The summed E-state index contributed by atoms with van der Waals surface area (Å²) in [6.07, 6.45) is 0. The fourth-order valence-corrected chi connectivity index (χ4v) is 8.79. The van der Waals surface area contributed by atoms with E-state index in [0.717, 1.165) is 55.7 Å². The number of rotatable bonds is 7. The molecule has 0 unspecified atom stereocenters. The van der Waals surface area contributed by atoms with Gasteiger partial charge in [-0.05, 0) is 97.4 Å². The Labute approximate surface area is 337 Å². The fraction of sp³-hybridized carbons (Fsp3) is 0. The summed E-state index contributed by atoms with van der Waals surface area (Å²) in [6, 6.07) is 80.9. The molecule has 272 valence electrons. The molecule has 0 aliphatic rings. The van der Waals surface area contributed by atoms with E-state index in [1.807, 2.05) is 12.1 Å². The van der Waals surface area contributed by atoms with Crippen LogP contribution in [0, 0.1) is 0 Å². The molecular formula is C56H37NO. The third-order valence-corrected chi connectivity index (χ3v) is 11.5. The Morgan fingerprint density at radius 1 is 0.293 bits per heavy atom. The summed E-state index contributed by atoms with van der Waals surface area (Å²) in [5.41, 5.74) is 14.5. The molecule has 0 bridgehead atoms. The first kappa shape index (κ1) is 33.6. The van der Waals surface area contributed by atoms with Gasteiger partial charge in [0.15, 0.2) is 0 Å². The highest BCUT2D eigenvalue weighted by Crippen LogP contribution is 2.48. The van der Waals surface area contributed by atoms with Crippen LogP contribution in [0.3, 0.4) is 0 Å². The highest BCUT2D eigenvalue weighted by molar-refractivity contribution is 6.10. The van der Waals surface area contributed by atoms with E-state index in [9.17, 15) is 0 Å². The van der Waals surface area contributed by atoms with Crippen LogP contribution in [0.25, 0.3) is 88.0 Å². The minimum Gasteiger partial charge on any atom is -0.456 e. The van der Waals surface area contributed by atoms with Gasteiger partial charge in [-0.3, -0.25) is 0 Å². The number of hydrogen-bond donors (Lipinski definition) is 0. The maximum Gasteiger partial charge on any atom is 0.135 e. The molecule has 1 aromatic heterocycles. The van der Waals surface area contributed by atoms with Crippen molar-refractivity contribution in [3.8, 4) is 44.5 Å². The van der Waals surface area contributed by atoms with Crippen molar-refractivity contribution in [3.05, 3.63) is 224 Å². The molecule has 2 heteroatoms. The molecule has 0 spiro atoms. The van der Waals surface area contributed by atoms with Gasteiger partial charge in [-0.15, -0.1) is 0 Å². The van der Waals surface area contributed by atoms with Crippen LogP contribution in [0.4, 0.5) is 17.1 Å². The zero-order valence-electron chi connectivity index (χ0n) is 31.7. The van der Waals surface area contributed by atoms with E-state index in [1.54, 1.807) is 0 Å². The van der Waals surface area contributed by atoms with E-state index < -0.39 is 0 Å². The van der Waals surface area contributed by atoms with Crippen LogP contribution in [-0.2, 0) is 0 Å². The molecule has 0 aliphatic carbocycles. The summed E-state index contributed by atoms with van der Waals surface area (Å²) in [4.78, 5) is 2.45. The van der Waals surface area contributed by atoms with E-state index in [1.165, 1.54) is 49.4 Å². The predicted octanol–water partition coefficient (Wildman–Crippen LogP) is 16.0. The molecule has 0 fully saturated rings. The van der Waals surface area contributed by atoms with Crippen LogP contribution in [-0.4, -0.2) is 0 Å². The number of furan rings is 1. The summed E-state index contributed by atoms with van der Waals surface area (Å²) in [7, 11) is 0. The standard InChI is InChI=1S/C56H37NO/c1-2-15-40(16-3-1)45-25-13-19-41-20-14-27-50(56(41)45)48-23-7-10-29-53(48)57(52-28-9-6-22-47(52)46-26-12-18-39-17-4-5-21-44(39)46)43-34-31-38(32-35-43)42-33-36-55-51(37-42)49-24-8-11-30-54(49)58-55/h1-37H. The van der Waals surface area contributed by atoms with Crippen LogP contribution in [0.15, 0.2) is 229 Å². The van der Waals surface area contributed by atoms with Crippen molar-refractivity contribution >= 4 is 60.5 Å². The molecule has 10 aromatic carbocycles. The first-order valence-corrected chi connectivity index (χ1v) is 19.8. The van der Waals surface area contributed by atoms with Gasteiger partial charge in [0.1, 0.15) is 11.2 Å². The van der Waals surface area contributed by atoms with Crippen molar-refractivity contribution in [1.29, 1.82) is 0 Å². The third kappa shape index (κ3) is 5.74. The smallest absolute Gasteiger partial charge is 0.135 e. The second-order valence-electron chi connectivity index (χ2n) is 14.8. The molecule has 0 radical (unpaired) electrons. The maximum absolute atomic E-state index is 6.17. The average molecular weight is 740 g/mol. The Kier molecular flexibility index (Phi) is 8.19. The van der Waals surface area contributed by atoms with Crippen molar-refractivity contribution in [2.45, 2.75) is 0 Å². The topological polar surface area (TPSA) is 16.4 Å². The second-order valence-corrected chi connectivity index (χ2v) is 14.8. The molecule has 0 saturated carbocycles.